The lowest BCUT2D eigenvalue weighted by molar-refractivity contribution is -0.144. The monoisotopic (exact) mass is 360 g/mol. The maximum Gasteiger partial charge on any atom is 0.327 e. The molecule has 8 nitrogen and oxygen atoms in total. The van der Waals surface area contributed by atoms with E-state index >= 15 is 0 Å². The van der Waals surface area contributed by atoms with Gasteiger partial charge in [-0.1, -0.05) is 0 Å². The van der Waals surface area contributed by atoms with Crippen LogP contribution in [0.25, 0.3) is 0 Å². The van der Waals surface area contributed by atoms with Gasteiger partial charge < -0.3 is 20.4 Å². The van der Waals surface area contributed by atoms with Crippen molar-refractivity contribution in [2.45, 2.75) is 38.6 Å². The molecule has 1 fully saturated rings. The van der Waals surface area contributed by atoms with Gasteiger partial charge >= 0.3 is 11.9 Å². The number of thioether (sulfide) groups is 1. The van der Waals surface area contributed by atoms with Gasteiger partial charge in [-0.15, -0.1) is 0 Å². The third-order valence-corrected chi connectivity index (χ3v) is 4.92. The van der Waals surface area contributed by atoms with Gasteiger partial charge in [-0.3, -0.25) is 14.4 Å². The summed E-state index contributed by atoms with van der Waals surface area (Å²) in [7, 11) is 0. The Bertz CT molecular complexity index is 479. The van der Waals surface area contributed by atoms with Gasteiger partial charge in [0.05, 0.1) is 12.3 Å². The fourth-order valence-electron chi connectivity index (χ4n) is 2.55. The predicted molar refractivity (Wildman–Crippen MR) is 88.7 cm³/mol. The van der Waals surface area contributed by atoms with Gasteiger partial charge in [-0.05, 0) is 19.3 Å². The molecule has 0 aromatic rings. The number of likely N-dealkylation sites (tertiary alicyclic amines) is 1. The average molecular weight is 360 g/mol. The summed E-state index contributed by atoms with van der Waals surface area (Å²) in [5.41, 5.74) is 0. The van der Waals surface area contributed by atoms with E-state index in [1.807, 2.05) is 0 Å². The summed E-state index contributed by atoms with van der Waals surface area (Å²) >= 11 is 1.17. The first-order valence-electron chi connectivity index (χ1n) is 7.89. The third-order valence-electron chi connectivity index (χ3n) is 3.72. The Labute approximate surface area is 145 Å². The third kappa shape index (κ3) is 7.20. The highest BCUT2D eigenvalue weighted by molar-refractivity contribution is 7.99. The number of carboxylic acids is 2. The molecule has 136 valence electrons. The largest absolute Gasteiger partial charge is 0.481 e. The molecule has 9 heteroatoms. The zero-order valence-electron chi connectivity index (χ0n) is 13.7. The van der Waals surface area contributed by atoms with Crippen molar-refractivity contribution in [2.24, 2.45) is 5.92 Å². The summed E-state index contributed by atoms with van der Waals surface area (Å²) < 4.78 is 0. The topological polar surface area (TPSA) is 124 Å². The van der Waals surface area contributed by atoms with Crippen molar-refractivity contribution in [1.29, 1.82) is 0 Å². The number of nitrogens with zero attached hydrogens (tertiary/aromatic N) is 1. The van der Waals surface area contributed by atoms with Crippen LogP contribution in [0, 0.1) is 5.92 Å². The van der Waals surface area contributed by atoms with E-state index in [9.17, 15) is 19.2 Å². The lowest BCUT2D eigenvalue weighted by Gasteiger charge is -2.30. The molecule has 0 saturated carbocycles. The highest BCUT2D eigenvalue weighted by Crippen LogP contribution is 2.19. The van der Waals surface area contributed by atoms with Gasteiger partial charge in [-0.25, -0.2) is 4.79 Å². The molecule has 2 atom stereocenters. The number of carbonyl (C=O) groups is 4. The standard InChI is InChI=1S/C15H24N2O6S/c1-10(18)16-12(15(22)23)9-24-8-11(7-13(19)20)14(21)17-5-3-2-4-6-17/h11-12H,2-9H2,1H3,(H,16,18)(H,19,20)(H,22,23)/t11?,12-/m0/s1. The minimum absolute atomic E-state index is 0.0817. The van der Waals surface area contributed by atoms with Crippen LogP contribution in [-0.4, -0.2) is 69.5 Å². The van der Waals surface area contributed by atoms with Crippen LogP contribution in [0.15, 0.2) is 0 Å². The van der Waals surface area contributed by atoms with E-state index in [4.69, 9.17) is 10.2 Å². The minimum atomic E-state index is -1.16. The predicted octanol–water partition coefficient (Wildman–Crippen LogP) is 0.412. The molecular formula is C15H24N2O6S. The first kappa shape index (κ1) is 20.3. The number of carbonyl (C=O) groups excluding carboxylic acids is 2. The van der Waals surface area contributed by atoms with Crippen LogP contribution in [0.3, 0.4) is 0 Å². The Morgan fingerprint density at radius 1 is 1.08 bits per heavy atom. The highest BCUT2D eigenvalue weighted by atomic mass is 32.2. The van der Waals surface area contributed by atoms with Crippen LogP contribution in [0.5, 0.6) is 0 Å². The number of hydrogen-bond donors (Lipinski definition) is 3. The zero-order chi connectivity index (χ0) is 18.1. The van der Waals surface area contributed by atoms with Gasteiger partial charge in [-0.2, -0.15) is 11.8 Å². The number of amides is 2. The Morgan fingerprint density at radius 2 is 1.71 bits per heavy atom. The summed E-state index contributed by atoms with van der Waals surface area (Å²) in [5.74, 6) is -3.23. The van der Waals surface area contributed by atoms with E-state index in [-0.39, 0.29) is 23.8 Å². The molecule has 1 aliphatic rings. The summed E-state index contributed by atoms with van der Waals surface area (Å²) in [6, 6.07) is -1.05. The molecule has 1 rings (SSSR count). The second-order valence-corrected chi connectivity index (χ2v) is 6.88. The molecule has 2 amide bonds. The molecule has 0 aliphatic carbocycles. The van der Waals surface area contributed by atoms with Crippen molar-refractivity contribution >= 4 is 35.5 Å². The lowest BCUT2D eigenvalue weighted by atomic mass is 10.0. The molecule has 0 spiro atoms. The van der Waals surface area contributed by atoms with Crippen molar-refractivity contribution in [3.63, 3.8) is 0 Å². The first-order chi connectivity index (χ1) is 11.3. The van der Waals surface area contributed by atoms with Crippen molar-refractivity contribution < 1.29 is 29.4 Å². The van der Waals surface area contributed by atoms with E-state index in [2.05, 4.69) is 5.32 Å². The summed E-state index contributed by atoms with van der Waals surface area (Å²) in [4.78, 5) is 47.3. The Balaban J connectivity index is 2.58. The van der Waals surface area contributed by atoms with Crippen molar-refractivity contribution in [3.05, 3.63) is 0 Å². The highest BCUT2D eigenvalue weighted by Gasteiger charge is 2.28. The molecule has 3 N–H and O–H groups in total. The average Bonchev–Trinajstić information content (AvgIpc) is 2.52. The summed E-state index contributed by atoms with van der Waals surface area (Å²) in [5, 5.41) is 20.4. The second-order valence-electron chi connectivity index (χ2n) is 5.81. The zero-order valence-corrected chi connectivity index (χ0v) is 14.5. The lowest BCUT2D eigenvalue weighted by Crippen LogP contribution is -2.43. The molecule has 0 radical (unpaired) electrons. The van der Waals surface area contributed by atoms with E-state index in [0.29, 0.717) is 13.1 Å². The van der Waals surface area contributed by atoms with Gasteiger partial charge in [0, 0.05) is 31.5 Å². The van der Waals surface area contributed by atoms with Crippen LogP contribution in [0.1, 0.15) is 32.6 Å². The van der Waals surface area contributed by atoms with Gasteiger partial charge in [0.2, 0.25) is 11.8 Å². The van der Waals surface area contributed by atoms with Crippen LogP contribution in [0.4, 0.5) is 0 Å². The Morgan fingerprint density at radius 3 is 2.21 bits per heavy atom. The SMILES string of the molecule is CC(=O)N[C@@H](CSCC(CC(=O)O)C(=O)N1CCCCC1)C(=O)O. The van der Waals surface area contributed by atoms with E-state index in [0.717, 1.165) is 19.3 Å². The molecule has 24 heavy (non-hydrogen) atoms. The van der Waals surface area contributed by atoms with Crippen LogP contribution in [-0.2, 0) is 19.2 Å². The molecule has 1 heterocycles. The molecule has 0 aromatic carbocycles. The van der Waals surface area contributed by atoms with Crippen molar-refractivity contribution in [3.8, 4) is 0 Å². The number of hydrogen-bond acceptors (Lipinski definition) is 5. The number of aliphatic carboxylic acids is 2. The van der Waals surface area contributed by atoms with Gasteiger partial charge in [0.1, 0.15) is 6.04 Å². The fourth-order valence-corrected chi connectivity index (χ4v) is 3.69. The molecule has 0 bridgehead atoms. The van der Waals surface area contributed by atoms with Gasteiger partial charge in [0.25, 0.3) is 0 Å². The first-order valence-corrected chi connectivity index (χ1v) is 9.05. The second kappa shape index (κ2) is 10.2. The molecule has 1 saturated heterocycles. The van der Waals surface area contributed by atoms with Crippen molar-refractivity contribution in [2.75, 3.05) is 24.6 Å². The maximum atomic E-state index is 12.5. The number of carboxylic acid groups (broad SMARTS) is 2. The van der Waals surface area contributed by atoms with Crippen LogP contribution in [0.2, 0.25) is 0 Å². The number of rotatable bonds is 9. The quantitative estimate of drug-likeness (QED) is 0.544. The summed E-state index contributed by atoms with van der Waals surface area (Å²) in [6.45, 7) is 2.51. The van der Waals surface area contributed by atoms with E-state index < -0.39 is 29.8 Å². The Kier molecular flexibility index (Phi) is 8.59. The molecule has 0 aromatic heterocycles. The fraction of sp³-hybridized carbons (Fsp3) is 0.733. The van der Waals surface area contributed by atoms with Crippen molar-refractivity contribution in [1.82, 2.24) is 10.2 Å². The molecule has 1 unspecified atom stereocenters. The number of piperidine rings is 1. The van der Waals surface area contributed by atoms with E-state index in [1.165, 1.54) is 18.7 Å². The Hall–Kier alpha value is -1.77. The van der Waals surface area contributed by atoms with Gasteiger partial charge in [0.15, 0.2) is 0 Å². The van der Waals surface area contributed by atoms with Crippen LogP contribution >= 0.6 is 11.8 Å². The minimum Gasteiger partial charge on any atom is -0.481 e. The number of nitrogens with one attached hydrogen (secondary N) is 1. The smallest absolute Gasteiger partial charge is 0.327 e. The van der Waals surface area contributed by atoms with E-state index in [1.54, 1.807) is 4.90 Å². The molecule has 1 aliphatic heterocycles. The maximum absolute atomic E-state index is 12.5. The normalized spacial score (nSPS) is 17.0. The summed E-state index contributed by atoms with van der Waals surface area (Å²) in [6.07, 6.45) is 2.63. The van der Waals surface area contributed by atoms with Crippen LogP contribution < -0.4 is 5.32 Å². The molecular weight excluding hydrogens is 336 g/mol.